The molecular weight excluding hydrogens is 386 g/mol. The second-order valence-electron chi connectivity index (χ2n) is 7.06. The van der Waals surface area contributed by atoms with E-state index in [1.54, 1.807) is 0 Å². The Morgan fingerprint density at radius 1 is 1.13 bits per heavy atom. The molecule has 0 spiro atoms. The van der Waals surface area contributed by atoms with Crippen molar-refractivity contribution in [2.45, 2.75) is 32.1 Å². The molecule has 0 aliphatic carbocycles. The number of aromatic nitrogens is 1. The monoisotopic (exact) mass is 413 g/mol. The van der Waals surface area contributed by atoms with Crippen LogP contribution in [0.4, 0.5) is 0 Å². The Kier molecular flexibility index (Phi) is 7.75. The Morgan fingerprint density at radius 2 is 1.87 bits per heavy atom. The zero-order valence-electron chi connectivity index (χ0n) is 17.1. The average Bonchev–Trinajstić information content (AvgIpc) is 2.78. The molecule has 160 valence electrons. The second kappa shape index (κ2) is 10.7. The summed E-state index contributed by atoms with van der Waals surface area (Å²) >= 11 is 0. The zero-order chi connectivity index (χ0) is 21.3. The molecule has 2 amide bonds. The molecule has 3 rings (SSSR count). The van der Waals surface area contributed by atoms with Crippen LogP contribution in [-0.2, 0) is 16.0 Å². The largest absolute Gasteiger partial charge is 0.355 e. The molecule has 1 fully saturated rings. The second-order valence-corrected chi connectivity index (χ2v) is 7.06. The van der Waals surface area contributed by atoms with Crippen LogP contribution in [0.2, 0.25) is 0 Å². The fraction of sp³-hybridized carbons (Fsp3) is 0.409. The summed E-state index contributed by atoms with van der Waals surface area (Å²) in [4.78, 5) is 37.5. The number of ether oxygens (including phenoxy) is 2. The Bertz CT molecular complexity index is 920. The predicted molar refractivity (Wildman–Crippen MR) is 112 cm³/mol. The smallest absolute Gasteiger partial charge is 0.263 e. The van der Waals surface area contributed by atoms with Crippen LogP contribution in [0.25, 0.3) is 0 Å². The molecule has 2 aromatic rings. The normalized spacial score (nSPS) is 14.3. The fourth-order valence-electron chi connectivity index (χ4n) is 3.23. The minimum absolute atomic E-state index is 0.0647. The van der Waals surface area contributed by atoms with Crippen LogP contribution >= 0.6 is 0 Å². The summed E-state index contributed by atoms with van der Waals surface area (Å²) in [6.45, 7) is 2.10. The van der Waals surface area contributed by atoms with E-state index in [1.807, 2.05) is 30.3 Å². The number of nitrogens with zero attached hydrogens (tertiary/aromatic N) is 1. The van der Waals surface area contributed by atoms with E-state index in [-0.39, 0.29) is 29.9 Å². The van der Waals surface area contributed by atoms with Crippen molar-refractivity contribution < 1.29 is 19.1 Å². The summed E-state index contributed by atoms with van der Waals surface area (Å²) in [5.41, 5.74) is 0.647. The van der Waals surface area contributed by atoms with Gasteiger partial charge in [-0.25, -0.2) is 0 Å². The lowest BCUT2D eigenvalue weighted by Gasteiger charge is -2.23. The number of nitrogens with one attached hydrogen (secondary N) is 2. The molecule has 0 bridgehead atoms. The van der Waals surface area contributed by atoms with Gasteiger partial charge in [0.25, 0.3) is 17.4 Å². The Labute approximate surface area is 175 Å². The molecule has 8 nitrogen and oxygen atoms in total. The van der Waals surface area contributed by atoms with E-state index >= 15 is 0 Å². The molecule has 0 unspecified atom stereocenters. The van der Waals surface area contributed by atoms with Gasteiger partial charge in [0.2, 0.25) is 0 Å². The summed E-state index contributed by atoms with van der Waals surface area (Å²) in [6.07, 6.45) is 3.56. The van der Waals surface area contributed by atoms with Gasteiger partial charge in [0.05, 0.1) is 25.3 Å². The molecule has 0 radical (unpaired) electrons. The van der Waals surface area contributed by atoms with Gasteiger partial charge in [0, 0.05) is 26.2 Å². The van der Waals surface area contributed by atoms with Crippen LogP contribution < -0.4 is 16.2 Å². The van der Waals surface area contributed by atoms with Gasteiger partial charge in [-0.1, -0.05) is 30.3 Å². The highest BCUT2D eigenvalue weighted by Crippen LogP contribution is 2.10. The minimum Gasteiger partial charge on any atom is -0.355 e. The molecule has 8 heteroatoms. The molecule has 0 atom stereocenters. The lowest BCUT2D eigenvalue weighted by molar-refractivity contribution is -0.181. The van der Waals surface area contributed by atoms with E-state index in [0.29, 0.717) is 32.6 Å². The highest BCUT2D eigenvalue weighted by molar-refractivity contribution is 5.99. The van der Waals surface area contributed by atoms with Crippen LogP contribution in [0.3, 0.4) is 0 Å². The maximum absolute atomic E-state index is 12.7. The molecule has 2 heterocycles. The molecule has 1 aromatic heterocycles. The highest BCUT2D eigenvalue weighted by Gasteiger charge is 2.17. The number of benzene rings is 1. The third-order valence-electron chi connectivity index (χ3n) is 4.81. The summed E-state index contributed by atoms with van der Waals surface area (Å²) in [6, 6.07) is 10.7. The molecule has 1 saturated heterocycles. The Morgan fingerprint density at radius 3 is 2.57 bits per heavy atom. The van der Waals surface area contributed by atoms with Crippen LogP contribution in [-0.4, -0.2) is 49.5 Å². The first kappa shape index (κ1) is 21.7. The molecule has 1 aliphatic heterocycles. The average molecular weight is 413 g/mol. The van der Waals surface area contributed by atoms with Gasteiger partial charge >= 0.3 is 0 Å². The molecule has 2 N–H and O–H groups in total. The van der Waals surface area contributed by atoms with Crippen molar-refractivity contribution in [1.82, 2.24) is 15.2 Å². The van der Waals surface area contributed by atoms with E-state index in [4.69, 9.17) is 9.47 Å². The lowest BCUT2D eigenvalue weighted by Crippen LogP contribution is -2.34. The van der Waals surface area contributed by atoms with Crippen molar-refractivity contribution in [2.24, 2.45) is 0 Å². The maximum atomic E-state index is 12.7. The van der Waals surface area contributed by atoms with Gasteiger partial charge in [0.1, 0.15) is 5.56 Å². The highest BCUT2D eigenvalue weighted by atomic mass is 16.7. The first-order valence-electron chi connectivity index (χ1n) is 10.1. The maximum Gasteiger partial charge on any atom is 0.263 e. The Balaban J connectivity index is 1.70. The van der Waals surface area contributed by atoms with Crippen molar-refractivity contribution in [3.63, 3.8) is 0 Å². The number of carbonyl (C=O) groups excluding carboxylic acids is 2. The molecule has 1 aliphatic rings. The third kappa shape index (κ3) is 5.77. The zero-order valence-corrected chi connectivity index (χ0v) is 17.1. The number of rotatable bonds is 8. The van der Waals surface area contributed by atoms with Crippen molar-refractivity contribution in [1.29, 1.82) is 0 Å². The molecule has 1 aromatic carbocycles. The van der Waals surface area contributed by atoms with Crippen molar-refractivity contribution >= 4 is 11.8 Å². The number of carbonyl (C=O) groups is 2. The van der Waals surface area contributed by atoms with E-state index in [1.165, 1.54) is 23.9 Å². The van der Waals surface area contributed by atoms with Crippen LogP contribution in [0, 0.1) is 0 Å². The van der Waals surface area contributed by atoms with Crippen LogP contribution in [0.1, 0.15) is 45.5 Å². The van der Waals surface area contributed by atoms with Crippen LogP contribution in [0.15, 0.2) is 47.4 Å². The minimum atomic E-state index is -0.525. The van der Waals surface area contributed by atoms with Crippen molar-refractivity contribution in [2.75, 3.05) is 26.8 Å². The van der Waals surface area contributed by atoms with Crippen molar-refractivity contribution in [3.8, 4) is 0 Å². The standard InChI is InChI=1S/C22H27N3O5/c1-23-21(27)18-13-17(15-25(22(18)28)14-16-7-3-2-4-8-16)20(26)24-10-5-9-19-29-11-6-12-30-19/h2-4,7-8,13,15,19H,5-6,9-12,14H2,1H3,(H,23,27)(H,24,26). The Hall–Kier alpha value is -2.97. The summed E-state index contributed by atoms with van der Waals surface area (Å²) in [7, 11) is 1.45. The lowest BCUT2D eigenvalue weighted by atomic mass is 10.1. The first-order valence-corrected chi connectivity index (χ1v) is 10.1. The van der Waals surface area contributed by atoms with Gasteiger partial charge in [-0.2, -0.15) is 0 Å². The topological polar surface area (TPSA) is 98.7 Å². The van der Waals surface area contributed by atoms with E-state index in [2.05, 4.69) is 10.6 Å². The van der Waals surface area contributed by atoms with Crippen molar-refractivity contribution in [3.05, 3.63) is 69.6 Å². The van der Waals surface area contributed by atoms with Gasteiger partial charge in [-0.15, -0.1) is 0 Å². The molecule has 0 saturated carbocycles. The molecular formula is C22H27N3O5. The number of hydrogen-bond acceptors (Lipinski definition) is 5. The van der Waals surface area contributed by atoms with Gasteiger partial charge in [-0.3, -0.25) is 14.4 Å². The van der Waals surface area contributed by atoms with Gasteiger partial charge < -0.3 is 24.7 Å². The third-order valence-corrected chi connectivity index (χ3v) is 4.81. The summed E-state index contributed by atoms with van der Waals surface area (Å²) in [5, 5.41) is 5.29. The number of pyridine rings is 1. The quantitative estimate of drug-likeness (QED) is 0.640. The van der Waals surface area contributed by atoms with E-state index in [0.717, 1.165) is 12.0 Å². The number of hydrogen-bond donors (Lipinski definition) is 2. The number of amides is 2. The summed E-state index contributed by atoms with van der Waals surface area (Å²) in [5.74, 6) is -0.865. The predicted octanol–water partition coefficient (Wildman–Crippen LogP) is 1.53. The SMILES string of the molecule is CNC(=O)c1cc(C(=O)NCCCC2OCCCO2)cn(Cc2ccccc2)c1=O. The van der Waals surface area contributed by atoms with Gasteiger partial charge in [-0.05, 0) is 24.5 Å². The van der Waals surface area contributed by atoms with E-state index in [9.17, 15) is 14.4 Å². The fourth-order valence-corrected chi connectivity index (χ4v) is 3.23. The molecule has 30 heavy (non-hydrogen) atoms. The summed E-state index contributed by atoms with van der Waals surface area (Å²) < 4.78 is 12.4. The van der Waals surface area contributed by atoms with E-state index < -0.39 is 11.5 Å². The van der Waals surface area contributed by atoms with Gasteiger partial charge in [0.15, 0.2) is 6.29 Å². The van der Waals surface area contributed by atoms with Crippen LogP contribution in [0.5, 0.6) is 0 Å². The first-order chi connectivity index (χ1) is 14.6.